The summed E-state index contributed by atoms with van der Waals surface area (Å²) in [7, 11) is 1.32. The Hall–Kier alpha value is -2.95. The van der Waals surface area contributed by atoms with Crippen LogP contribution in [0, 0.1) is 5.82 Å². The highest BCUT2D eigenvalue weighted by Crippen LogP contribution is 2.08. The minimum absolute atomic E-state index is 0.307. The van der Waals surface area contributed by atoms with E-state index in [9.17, 15) is 14.0 Å². The van der Waals surface area contributed by atoms with Crippen molar-refractivity contribution in [1.29, 1.82) is 0 Å². The van der Waals surface area contributed by atoms with E-state index in [0.717, 1.165) is 5.56 Å². The van der Waals surface area contributed by atoms with Crippen molar-refractivity contribution in [1.82, 2.24) is 5.32 Å². The number of halogens is 1. The van der Waals surface area contributed by atoms with Crippen molar-refractivity contribution in [2.75, 3.05) is 7.11 Å². The lowest BCUT2D eigenvalue weighted by Gasteiger charge is -2.04. The van der Waals surface area contributed by atoms with E-state index in [-0.39, 0.29) is 11.7 Å². The Labute approximate surface area is 133 Å². The fourth-order valence-electron chi connectivity index (χ4n) is 1.90. The molecule has 0 radical (unpaired) electrons. The second-order valence-electron chi connectivity index (χ2n) is 4.76. The molecule has 2 aromatic rings. The van der Waals surface area contributed by atoms with E-state index in [1.165, 1.54) is 25.3 Å². The number of methoxy groups -OCH3 is 1. The Morgan fingerprint density at radius 2 is 1.83 bits per heavy atom. The van der Waals surface area contributed by atoms with E-state index in [1.54, 1.807) is 42.5 Å². The standard InChI is InChI=1S/C18H16FNO3/c1-23-18(22)15-8-6-13(7-9-15)12-20-17(21)11-10-14-4-2-3-5-16(14)19/h2-11H,12H2,1H3,(H,20,21)/b11-10+. The Morgan fingerprint density at radius 1 is 1.13 bits per heavy atom. The average molecular weight is 313 g/mol. The van der Waals surface area contributed by atoms with E-state index in [4.69, 9.17) is 0 Å². The van der Waals surface area contributed by atoms with E-state index >= 15 is 0 Å². The molecule has 1 amide bonds. The topological polar surface area (TPSA) is 55.4 Å². The lowest BCUT2D eigenvalue weighted by atomic mass is 10.1. The average Bonchev–Trinajstić information content (AvgIpc) is 2.59. The molecule has 0 bridgehead atoms. The predicted octanol–water partition coefficient (Wildman–Crippen LogP) is 2.94. The van der Waals surface area contributed by atoms with Crippen LogP contribution in [0.3, 0.4) is 0 Å². The summed E-state index contributed by atoms with van der Waals surface area (Å²) in [6.07, 6.45) is 2.70. The first kappa shape index (κ1) is 16.4. The molecular weight excluding hydrogens is 297 g/mol. The Morgan fingerprint density at radius 3 is 2.48 bits per heavy atom. The maximum atomic E-state index is 13.4. The molecular formula is C18H16FNO3. The first-order chi connectivity index (χ1) is 11.1. The fourth-order valence-corrected chi connectivity index (χ4v) is 1.90. The van der Waals surface area contributed by atoms with Gasteiger partial charge in [0, 0.05) is 18.2 Å². The van der Waals surface area contributed by atoms with Crippen LogP contribution < -0.4 is 5.32 Å². The Kier molecular flexibility index (Phi) is 5.63. The lowest BCUT2D eigenvalue weighted by molar-refractivity contribution is -0.116. The van der Waals surface area contributed by atoms with Crippen LogP contribution in [-0.2, 0) is 16.1 Å². The molecule has 0 aliphatic heterocycles. The van der Waals surface area contributed by atoms with Gasteiger partial charge in [0.25, 0.3) is 0 Å². The quantitative estimate of drug-likeness (QED) is 0.682. The number of ether oxygens (including phenoxy) is 1. The monoisotopic (exact) mass is 313 g/mol. The van der Waals surface area contributed by atoms with Crippen LogP contribution in [0.4, 0.5) is 4.39 Å². The van der Waals surface area contributed by atoms with Crippen LogP contribution >= 0.6 is 0 Å². The summed E-state index contributed by atoms with van der Waals surface area (Å²) >= 11 is 0. The van der Waals surface area contributed by atoms with Crippen molar-refractivity contribution in [3.05, 3.63) is 77.1 Å². The van der Waals surface area contributed by atoms with Crippen LogP contribution in [0.25, 0.3) is 6.08 Å². The molecule has 0 atom stereocenters. The molecule has 0 aliphatic carbocycles. The first-order valence-electron chi connectivity index (χ1n) is 6.98. The molecule has 0 spiro atoms. The molecule has 0 aromatic heterocycles. The minimum atomic E-state index is -0.409. The smallest absolute Gasteiger partial charge is 0.337 e. The summed E-state index contributed by atoms with van der Waals surface area (Å²) < 4.78 is 18.0. The molecule has 118 valence electrons. The summed E-state index contributed by atoms with van der Waals surface area (Å²) in [4.78, 5) is 23.0. The van der Waals surface area contributed by atoms with Gasteiger partial charge in [0.05, 0.1) is 12.7 Å². The maximum absolute atomic E-state index is 13.4. The number of carbonyl (C=O) groups excluding carboxylic acids is 2. The number of esters is 1. The molecule has 1 N–H and O–H groups in total. The van der Waals surface area contributed by atoms with Gasteiger partial charge >= 0.3 is 5.97 Å². The number of nitrogens with one attached hydrogen (secondary N) is 1. The third-order valence-corrected chi connectivity index (χ3v) is 3.16. The van der Waals surface area contributed by atoms with Gasteiger partial charge in [0.1, 0.15) is 5.82 Å². The zero-order chi connectivity index (χ0) is 16.7. The minimum Gasteiger partial charge on any atom is -0.465 e. The van der Waals surface area contributed by atoms with Crippen LogP contribution in [0.5, 0.6) is 0 Å². The van der Waals surface area contributed by atoms with Crippen molar-refractivity contribution >= 4 is 18.0 Å². The molecule has 23 heavy (non-hydrogen) atoms. The molecule has 0 saturated heterocycles. The predicted molar refractivity (Wildman–Crippen MR) is 85.1 cm³/mol. The second-order valence-corrected chi connectivity index (χ2v) is 4.76. The van der Waals surface area contributed by atoms with Crippen molar-refractivity contribution in [2.45, 2.75) is 6.54 Å². The number of benzene rings is 2. The third-order valence-electron chi connectivity index (χ3n) is 3.16. The highest BCUT2D eigenvalue weighted by Gasteiger charge is 2.04. The van der Waals surface area contributed by atoms with Crippen molar-refractivity contribution in [3.63, 3.8) is 0 Å². The van der Waals surface area contributed by atoms with Crippen LogP contribution in [0.2, 0.25) is 0 Å². The zero-order valence-corrected chi connectivity index (χ0v) is 12.6. The summed E-state index contributed by atoms with van der Waals surface area (Å²) in [5.41, 5.74) is 1.64. The number of hydrogen-bond donors (Lipinski definition) is 1. The highest BCUT2D eigenvalue weighted by molar-refractivity contribution is 5.91. The molecule has 4 nitrogen and oxygen atoms in total. The van der Waals surface area contributed by atoms with Gasteiger partial charge in [-0.1, -0.05) is 30.3 Å². The Balaban J connectivity index is 1.89. The Bertz CT molecular complexity index is 723. The molecule has 0 unspecified atom stereocenters. The third kappa shape index (κ3) is 4.78. The largest absolute Gasteiger partial charge is 0.465 e. The SMILES string of the molecule is COC(=O)c1ccc(CNC(=O)/C=C/c2ccccc2F)cc1. The highest BCUT2D eigenvalue weighted by atomic mass is 19.1. The van der Waals surface area contributed by atoms with Crippen molar-refractivity contribution in [3.8, 4) is 0 Å². The number of rotatable bonds is 5. The van der Waals surface area contributed by atoms with Gasteiger partial charge in [0.2, 0.25) is 5.91 Å². The van der Waals surface area contributed by atoms with Gasteiger partial charge < -0.3 is 10.1 Å². The van der Waals surface area contributed by atoms with Gasteiger partial charge in [-0.05, 0) is 29.8 Å². The number of hydrogen-bond acceptors (Lipinski definition) is 3. The molecule has 2 aromatic carbocycles. The van der Waals surface area contributed by atoms with E-state index in [0.29, 0.717) is 17.7 Å². The molecule has 0 saturated carbocycles. The zero-order valence-electron chi connectivity index (χ0n) is 12.6. The summed E-state index contributed by atoms with van der Waals surface area (Å²) in [5.74, 6) is -1.12. The van der Waals surface area contributed by atoms with Gasteiger partial charge in [-0.25, -0.2) is 9.18 Å². The van der Waals surface area contributed by atoms with E-state index in [2.05, 4.69) is 10.1 Å². The van der Waals surface area contributed by atoms with Crippen LogP contribution in [0.15, 0.2) is 54.6 Å². The second kappa shape index (κ2) is 7.89. The molecule has 0 fully saturated rings. The van der Waals surface area contributed by atoms with E-state index in [1.807, 2.05) is 0 Å². The maximum Gasteiger partial charge on any atom is 0.337 e. The van der Waals surface area contributed by atoms with Gasteiger partial charge in [-0.3, -0.25) is 4.79 Å². The van der Waals surface area contributed by atoms with Crippen LogP contribution in [-0.4, -0.2) is 19.0 Å². The normalized spacial score (nSPS) is 10.5. The molecule has 2 rings (SSSR count). The van der Waals surface area contributed by atoms with Gasteiger partial charge in [-0.2, -0.15) is 0 Å². The fraction of sp³-hybridized carbons (Fsp3) is 0.111. The molecule has 5 heteroatoms. The summed E-state index contributed by atoms with van der Waals surface area (Å²) in [6, 6.07) is 12.9. The summed E-state index contributed by atoms with van der Waals surface area (Å²) in [5, 5.41) is 2.69. The van der Waals surface area contributed by atoms with Gasteiger partial charge in [-0.15, -0.1) is 0 Å². The van der Waals surface area contributed by atoms with Crippen molar-refractivity contribution in [2.24, 2.45) is 0 Å². The van der Waals surface area contributed by atoms with E-state index < -0.39 is 5.97 Å². The molecule has 0 heterocycles. The lowest BCUT2D eigenvalue weighted by Crippen LogP contribution is -2.20. The first-order valence-corrected chi connectivity index (χ1v) is 6.98. The van der Waals surface area contributed by atoms with Gasteiger partial charge in [0.15, 0.2) is 0 Å². The number of carbonyl (C=O) groups is 2. The summed E-state index contributed by atoms with van der Waals surface area (Å²) in [6.45, 7) is 0.307. The number of amides is 1. The van der Waals surface area contributed by atoms with Crippen molar-refractivity contribution < 1.29 is 18.7 Å². The molecule has 0 aliphatic rings. The van der Waals surface area contributed by atoms with Crippen LogP contribution in [0.1, 0.15) is 21.5 Å².